The minimum Gasteiger partial charge on any atom is -0.465 e. The van der Waals surface area contributed by atoms with Crippen LogP contribution in [0, 0.1) is 0 Å². The first-order valence-corrected chi connectivity index (χ1v) is 6.65. The van der Waals surface area contributed by atoms with Crippen LogP contribution in [-0.4, -0.2) is 26.7 Å². The number of benzene rings is 2. The molecular weight excluding hydrogens is 250 g/mol. The van der Waals surface area contributed by atoms with Crippen LogP contribution >= 0.6 is 0 Å². The van der Waals surface area contributed by atoms with Crippen LogP contribution < -0.4 is 4.90 Å². The molecule has 0 heterocycles. The standard InChI is InChI=1S/C17H19NO2/c1-18(13-12-14-8-4-3-5-9-14)16-11-7-6-10-15(16)17(19)20-2/h3-11H,12-13H2,1-2H3. The summed E-state index contributed by atoms with van der Waals surface area (Å²) in [5.41, 5.74) is 2.79. The van der Waals surface area contributed by atoms with Crippen molar-refractivity contribution in [2.75, 3.05) is 25.6 Å². The Hall–Kier alpha value is -2.29. The zero-order valence-corrected chi connectivity index (χ0v) is 11.9. The maximum Gasteiger partial charge on any atom is 0.339 e. The average Bonchev–Trinajstić information content (AvgIpc) is 2.52. The Morgan fingerprint density at radius 1 is 1.05 bits per heavy atom. The van der Waals surface area contributed by atoms with Gasteiger partial charge in [-0.05, 0) is 24.1 Å². The summed E-state index contributed by atoms with van der Waals surface area (Å²) < 4.78 is 4.82. The van der Waals surface area contributed by atoms with Crippen LogP contribution in [0.3, 0.4) is 0 Å². The first kappa shape index (κ1) is 14.1. The van der Waals surface area contributed by atoms with Gasteiger partial charge in [0.25, 0.3) is 0 Å². The highest BCUT2D eigenvalue weighted by molar-refractivity contribution is 5.95. The molecule has 0 amide bonds. The quantitative estimate of drug-likeness (QED) is 0.781. The number of carbonyl (C=O) groups excluding carboxylic acids is 1. The van der Waals surface area contributed by atoms with Gasteiger partial charge in [-0.1, -0.05) is 42.5 Å². The Labute approximate surface area is 119 Å². The van der Waals surface area contributed by atoms with Crippen molar-refractivity contribution in [3.05, 3.63) is 65.7 Å². The molecule has 0 saturated carbocycles. The summed E-state index contributed by atoms with van der Waals surface area (Å²) in [4.78, 5) is 13.8. The van der Waals surface area contributed by atoms with E-state index in [1.54, 1.807) is 6.07 Å². The van der Waals surface area contributed by atoms with Crippen LogP contribution in [0.15, 0.2) is 54.6 Å². The molecule has 0 aliphatic heterocycles. The maximum absolute atomic E-state index is 11.8. The van der Waals surface area contributed by atoms with Gasteiger partial charge in [-0.15, -0.1) is 0 Å². The number of rotatable bonds is 5. The lowest BCUT2D eigenvalue weighted by atomic mass is 10.1. The third-order valence-electron chi connectivity index (χ3n) is 3.30. The monoisotopic (exact) mass is 269 g/mol. The predicted octanol–water partition coefficient (Wildman–Crippen LogP) is 3.15. The smallest absolute Gasteiger partial charge is 0.339 e. The highest BCUT2D eigenvalue weighted by Crippen LogP contribution is 2.20. The number of hydrogen-bond acceptors (Lipinski definition) is 3. The van der Waals surface area contributed by atoms with Crippen LogP contribution in [0.1, 0.15) is 15.9 Å². The van der Waals surface area contributed by atoms with Gasteiger partial charge in [0, 0.05) is 13.6 Å². The molecule has 0 bridgehead atoms. The van der Waals surface area contributed by atoms with Crippen molar-refractivity contribution in [3.8, 4) is 0 Å². The number of anilines is 1. The number of ether oxygens (including phenoxy) is 1. The van der Waals surface area contributed by atoms with Crippen molar-refractivity contribution in [1.29, 1.82) is 0 Å². The molecule has 0 atom stereocenters. The normalized spacial score (nSPS) is 10.1. The minimum absolute atomic E-state index is 0.299. The maximum atomic E-state index is 11.8. The molecule has 0 aliphatic rings. The van der Waals surface area contributed by atoms with Gasteiger partial charge in [0.15, 0.2) is 0 Å². The van der Waals surface area contributed by atoms with E-state index in [1.165, 1.54) is 12.7 Å². The largest absolute Gasteiger partial charge is 0.465 e. The molecule has 0 saturated heterocycles. The molecule has 0 aliphatic carbocycles. The molecule has 0 N–H and O–H groups in total. The Morgan fingerprint density at radius 3 is 2.40 bits per heavy atom. The molecule has 3 heteroatoms. The first-order chi connectivity index (χ1) is 9.72. The Kier molecular flexibility index (Phi) is 4.77. The summed E-state index contributed by atoms with van der Waals surface area (Å²) >= 11 is 0. The number of likely N-dealkylation sites (N-methyl/N-ethyl adjacent to an activating group) is 1. The van der Waals surface area contributed by atoms with Gasteiger partial charge in [-0.2, -0.15) is 0 Å². The van der Waals surface area contributed by atoms with Crippen molar-refractivity contribution in [2.24, 2.45) is 0 Å². The lowest BCUT2D eigenvalue weighted by molar-refractivity contribution is 0.0601. The lowest BCUT2D eigenvalue weighted by Crippen LogP contribution is -2.22. The molecule has 3 nitrogen and oxygen atoms in total. The highest BCUT2D eigenvalue weighted by atomic mass is 16.5. The predicted molar refractivity (Wildman–Crippen MR) is 81.2 cm³/mol. The topological polar surface area (TPSA) is 29.5 Å². The molecule has 0 unspecified atom stereocenters. The van der Waals surface area contributed by atoms with Gasteiger partial charge in [0.1, 0.15) is 0 Å². The number of methoxy groups -OCH3 is 1. The van der Waals surface area contributed by atoms with Crippen LogP contribution in [0.25, 0.3) is 0 Å². The Morgan fingerprint density at radius 2 is 1.70 bits per heavy atom. The summed E-state index contributed by atoms with van der Waals surface area (Å²) in [6, 6.07) is 17.8. The van der Waals surface area contributed by atoms with Crippen molar-refractivity contribution >= 4 is 11.7 Å². The number of para-hydroxylation sites is 1. The number of esters is 1. The van der Waals surface area contributed by atoms with Crippen LogP contribution in [0.4, 0.5) is 5.69 Å². The SMILES string of the molecule is COC(=O)c1ccccc1N(C)CCc1ccccc1. The number of hydrogen-bond donors (Lipinski definition) is 0. The second-order valence-corrected chi connectivity index (χ2v) is 4.67. The third kappa shape index (κ3) is 3.38. The van der Waals surface area contributed by atoms with E-state index in [4.69, 9.17) is 4.74 Å². The summed E-state index contributed by atoms with van der Waals surface area (Å²) in [5.74, 6) is -0.299. The molecule has 2 aromatic rings. The lowest BCUT2D eigenvalue weighted by Gasteiger charge is -2.21. The van der Waals surface area contributed by atoms with Crippen LogP contribution in [0.2, 0.25) is 0 Å². The molecule has 2 aromatic carbocycles. The Bertz CT molecular complexity index is 566. The van der Waals surface area contributed by atoms with Crippen LogP contribution in [-0.2, 0) is 11.2 Å². The minimum atomic E-state index is -0.299. The summed E-state index contributed by atoms with van der Waals surface area (Å²) in [7, 11) is 3.40. The van der Waals surface area contributed by atoms with E-state index < -0.39 is 0 Å². The van der Waals surface area contributed by atoms with Crippen molar-refractivity contribution in [1.82, 2.24) is 0 Å². The summed E-state index contributed by atoms with van der Waals surface area (Å²) in [6.07, 6.45) is 0.937. The fourth-order valence-corrected chi connectivity index (χ4v) is 2.15. The zero-order valence-electron chi connectivity index (χ0n) is 11.9. The van der Waals surface area contributed by atoms with Gasteiger partial charge < -0.3 is 9.64 Å². The zero-order chi connectivity index (χ0) is 14.4. The summed E-state index contributed by atoms with van der Waals surface area (Å²) in [5, 5.41) is 0. The van der Waals surface area contributed by atoms with E-state index in [0.717, 1.165) is 18.7 Å². The summed E-state index contributed by atoms with van der Waals surface area (Å²) in [6.45, 7) is 0.845. The first-order valence-electron chi connectivity index (χ1n) is 6.65. The fourth-order valence-electron chi connectivity index (χ4n) is 2.15. The molecule has 0 fully saturated rings. The van der Waals surface area contributed by atoms with E-state index in [2.05, 4.69) is 17.0 Å². The molecular formula is C17H19NO2. The van der Waals surface area contributed by atoms with E-state index in [1.807, 2.05) is 43.4 Å². The molecule has 0 radical (unpaired) electrons. The van der Waals surface area contributed by atoms with E-state index in [0.29, 0.717) is 5.56 Å². The van der Waals surface area contributed by atoms with E-state index in [9.17, 15) is 4.79 Å². The Balaban J connectivity index is 2.09. The second-order valence-electron chi connectivity index (χ2n) is 4.67. The van der Waals surface area contributed by atoms with E-state index >= 15 is 0 Å². The highest BCUT2D eigenvalue weighted by Gasteiger charge is 2.13. The number of carbonyl (C=O) groups is 1. The van der Waals surface area contributed by atoms with Crippen molar-refractivity contribution in [3.63, 3.8) is 0 Å². The van der Waals surface area contributed by atoms with Crippen molar-refractivity contribution in [2.45, 2.75) is 6.42 Å². The molecule has 0 spiro atoms. The van der Waals surface area contributed by atoms with Gasteiger partial charge in [0.2, 0.25) is 0 Å². The molecule has 20 heavy (non-hydrogen) atoms. The van der Waals surface area contributed by atoms with Crippen molar-refractivity contribution < 1.29 is 9.53 Å². The van der Waals surface area contributed by atoms with Crippen LogP contribution in [0.5, 0.6) is 0 Å². The third-order valence-corrected chi connectivity index (χ3v) is 3.30. The van der Waals surface area contributed by atoms with Gasteiger partial charge >= 0.3 is 5.97 Å². The molecule has 2 rings (SSSR count). The molecule has 0 aromatic heterocycles. The van der Waals surface area contributed by atoms with Gasteiger partial charge in [-0.25, -0.2) is 4.79 Å². The second kappa shape index (κ2) is 6.75. The number of nitrogens with zero attached hydrogens (tertiary/aromatic N) is 1. The van der Waals surface area contributed by atoms with Gasteiger partial charge in [0.05, 0.1) is 18.4 Å². The fraction of sp³-hybridized carbons (Fsp3) is 0.235. The molecule has 104 valence electrons. The van der Waals surface area contributed by atoms with Gasteiger partial charge in [-0.3, -0.25) is 0 Å². The average molecular weight is 269 g/mol. The van der Waals surface area contributed by atoms with E-state index in [-0.39, 0.29) is 5.97 Å².